The van der Waals surface area contributed by atoms with Crippen LogP contribution in [0.3, 0.4) is 0 Å². The zero-order chi connectivity index (χ0) is 20.7. The molecule has 9 heteroatoms. The van der Waals surface area contributed by atoms with E-state index in [0.717, 1.165) is 25.9 Å². The van der Waals surface area contributed by atoms with Crippen LogP contribution in [-0.4, -0.2) is 114 Å². The van der Waals surface area contributed by atoms with E-state index in [9.17, 15) is 14.4 Å². The second-order valence-corrected chi connectivity index (χ2v) is 7.56. The standard InChI is InChI=1S/C19H35N5O4/c1-4-22(5-2)17(25)13-21-7-9-24(10-8-21)19(28)20-15-11-16(12-15)23(6-3)14-18(26)27/h15-16H,4-14H2,1-3H3,(H,20,28)(H,26,27). The first-order valence-electron chi connectivity index (χ1n) is 10.4. The maximum absolute atomic E-state index is 12.5. The van der Waals surface area contributed by atoms with Crippen LogP contribution in [0.15, 0.2) is 0 Å². The number of aliphatic carboxylic acids is 1. The SMILES string of the molecule is CCN(CC)C(=O)CN1CCN(C(=O)NC2CC(N(CC)CC(=O)O)C2)CC1. The number of urea groups is 1. The minimum atomic E-state index is -0.813. The van der Waals surface area contributed by atoms with Gasteiger partial charge in [-0.15, -0.1) is 0 Å². The topological polar surface area (TPSA) is 96.4 Å². The van der Waals surface area contributed by atoms with E-state index in [1.165, 1.54) is 0 Å². The Morgan fingerprint density at radius 1 is 1.00 bits per heavy atom. The van der Waals surface area contributed by atoms with E-state index in [1.54, 1.807) is 4.90 Å². The zero-order valence-electron chi connectivity index (χ0n) is 17.4. The summed E-state index contributed by atoms with van der Waals surface area (Å²) in [6.07, 6.45) is 1.59. The second kappa shape index (κ2) is 10.6. The van der Waals surface area contributed by atoms with Gasteiger partial charge < -0.3 is 20.2 Å². The van der Waals surface area contributed by atoms with Crippen molar-refractivity contribution >= 4 is 17.9 Å². The fraction of sp³-hybridized carbons (Fsp3) is 0.842. The Bertz CT molecular complexity index is 540. The van der Waals surface area contributed by atoms with Crippen molar-refractivity contribution in [1.29, 1.82) is 0 Å². The molecule has 0 atom stereocenters. The van der Waals surface area contributed by atoms with E-state index < -0.39 is 5.97 Å². The van der Waals surface area contributed by atoms with E-state index in [1.807, 2.05) is 30.6 Å². The number of carbonyl (C=O) groups is 3. The molecule has 1 heterocycles. The van der Waals surface area contributed by atoms with Gasteiger partial charge in [0, 0.05) is 51.4 Å². The molecule has 2 aliphatic rings. The Morgan fingerprint density at radius 2 is 1.61 bits per heavy atom. The van der Waals surface area contributed by atoms with Crippen LogP contribution in [0.5, 0.6) is 0 Å². The maximum Gasteiger partial charge on any atom is 0.317 e. The lowest BCUT2D eigenvalue weighted by Crippen LogP contribution is -2.59. The van der Waals surface area contributed by atoms with Crippen molar-refractivity contribution in [1.82, 2.24) is 24.9 Å². The number of hydrogen-bond donors (Lipinski definition) is 2. The molecule has 0 spiro atoms. The van der Waals surface area contributed by atoms with Crippen LogP contribution in [-0.2, 0) is 9.59 Å². The number of nitrogens with zero attached hydrogens (tertiary/aromatic N) is 4. The van der Waals surface area contributed by atoms with E-state index in [4.69, 9.17) is 5.11 Å². The minimum absolute atomic E-state index is 0.0516. The molecule has 0 aromatic heterocycles. The number of rotatable bonds is 9. The summed E-state index contributed by atoms with van der Waals surface area (Å²) < 4.78 is 0. The van der Waals surface area contributed by atoms with Gasteiger partial charge in [-0.05, 0) is 33.2 Å². The number of carboxylic acids is 1. The highest BCUT2D eigenvalue weighted by Gasteiger charge is 2.35. The van der Waals surface area contributed by atoms with Crippen molar-refractivity contribution in [3.8, 4) is 0 Å². The number of hydrogen-bond acceptors (Lipinski definition) is 5. The maximum atomic E-state index is 12.5. The van der Waals surface area contributed by atoms with Gasteiger partial charge in [0.2, 0.25) is 5.91 Å². The molecule has 2 rings (SSSR count). The number of amides is 3. The van der Waals surface area contributed by atoms with Gasteiger partial charge in [0.25, 0.3) is 0 Å². The predicted octanol–water partition coefficient (Wildman–Crippen LogP) is 0.120. The molecule has 1 aliphatic carbocycles. The number of carbonyl (C=O) groups excluding carboxylic acids is 2. The predicted molar refractivity (Wildman–Crippen MR) is 106 cm³/mol. The Morgan fingerprint density at radius 3 is 2.11 bits per heavy atom. The van der Waals surface area contributed by atoms with Crippen molar-refractivity contribution in [2.45, 2.75) is 45.7 Å². The summed E-state index contributed by atoms with van der Waals surface area (Å²) in [7, 11) is 0. The van der Waals surface area contributed by atoms with Crippen LogP contribution in [0, 0.1) is 0 Å². The molecule has 160 valence electrons. The average Bonchev–Trinajstić information content (AvgIpc) is 2.64. The first-order chi connectivity index (χ1) is 13.4. The lowest BCUT2D eigenvalue weighted by atomic mass is 9.85. The zero-order valence-corrected chi connectivity index (χ0v) is 17.4. The molecular formula is C19H35N5O4. The Balaban J connectivity index is 1.68. The van der Waals surface area contributed by atoms with E-state index in [0.29, 0.717) is 39.3 Å². The lowest BCUT2D eigenvalue weighted by molar-refractivity contribution is -0.139. The van der Waals surface area contributed by atoms with E-state index >= 15 is 0 Å². The Labute approximate surface area is 167 Å². The van der Waals surface area contributed by atoms with Gasteiger partial charge in [-0.1, -0.05) is 6.92 Å². The molecule has 28 heavy (non-hydrogen) atoms. The third kappa shape index (κ3) is 6.07. The van der Waals surface area contributed by atoms with Crippen LogP contribution < -0.4 is 5.32 Å². The summed E-state index contributed by atoms with van der Waals surface area (Å²) in [5.41, 5.74) is 0. The highest BCUT2D eigenvalue weighted by molar-refractivity contribution is 5.78. The number of piperazine rings is 1. The van der Waals surface area contributed by atoms with Crippen LogP contribution in [0.25, 0.3) is 0 Å². The molecule has 1 saturated heterocycles. The van der Waals surface area contributed by atoms with Crippen molar-refractivity contribution in [3.05, 3.63) is 0 Å². The molecule has 3 amide bonds. The molecule has 0 aromatic rings. The molecule has 0 bridgehead atoms. The average molecular weight is 398 g/mol. The first kappa shape index (κ1) is 22.4. The second-order valence-electron chi connectivity index (χ2n) is 7.56. The number of likely N-dealkylation sites (N-methyl/N-ethyl adjacent to an activating group) is 2. The molecule has 0 radical (unpaired) electrons. The molecule has 2 N–H and O–H groups in total. The molecule has 0 aromatic carbocycles. The summed E-state index contributed by atoms with van der Waals surface area (Å²) >= 11 is 0. The number of carboxylic acid groups (broad SMARTS) is 1. The van der Waals surface area contributed by atoms with Gasteiger partial charge in [0.15, 0.2) is 0 Å². The Kier molecular flexibility index (Phi) is 8.50. The summed E-state index contributed by atoms with van der Waals surface area (Å²) in [5, 5.41) is 12.0. The molecule has 0 unspecified atom stereocenters. The quantitative estimate of drug-likeness (QED) is 0.574. The van der Waals surface area contributed by atoms with Gasteiger partial charge in [0.05, 0.1) is 13.1 Å². The summed E-state index contributed by atoms with van der Waals surface area (Å²) in [5.74, 6) is -0.670. The molecule has 1 aliphatic heterocycles. The van der Waals surface area contributed by atoms with Crippen LogP contribution in [0.4, 0.5) is 4.79 Å². The molecule has 2 fully saturated rings. The van der Waals surface area contributed by atoms with Crippen molar-refractivity contribution in [3.63, 3.8) is 0 Å². The minimum Gasteiger partial charge on any atom is -0.480 e. The first-order valence-corrected chi connectivity index (χ1v) is 10.4. The van der Waals surface area contributed by atoms with E-state index in [-0.39, 0.29) is 30.6 Å². The van der Waals surface area contributed by atoms with E-state index in [2.05, 4.69) is 10.2 Å². The summed E-state index contributed by atoms with van der Waals surface area (Å²) in [4.78, 5) is 43.3. The monoisotopic (exact) mass is 397 g/mol. The van der Waals surface area contributed by atoms with Crippen LogP contribution in [0.2, 0.25) is 0 Å². The largest absolute Gasteiger partial charge is 0.480 e. The summed E-state index contributed by atoms with van der Waals surface area (Å²) in [6.45, 7) is 11.2. The smallest absolute Gasteiger partial charge is 0.317 e. The van der Waals surface area contributed by atoms with Crippen molar-refractivity contribution < 1.29 is 19.5 Å². The molecular weight excluding hydrogens is 362 g/mol. The fourth-order valence-corrected chi connectivity index (χ4v) is 3.92. The highest BCUT2D eigenvalue weighted by atomic mass is 16.4. The number of nitrogens with one attached hydrogen (secondary N) is 1. The van der Waals surface area contributed by atoms with Crippen molar-refractivity contribution in [2.24, 2.45) is 0 Å². The van der Waals surface area contributed by atoms with Gasteiger partial charge >= 0.3 is 12.0 Å². The van der Waals surface area contributed by atoms with Gasteiger partial charge in [-0.3, -0.25) is 19.4 Å². The van der Waals surface area contributed by atoms with Gasteiger partial charge in [-0.2, -0.15) is 0 Å². The fourth-order valence-electron chi connectivity index (χ4n) is 3.92. The molecule has 1 saturated carbocycles. The Hall–Kier alpha value is -1.87. The lowest BCUT2D eigenvalue weighted by Gasteiger charge is -2.43. The highest BCUT2D eigenvalue weighted by Crippen LogP contribution is 2.25. The van der Waals surface area contributed by atoms with Crippen molar-refractivity contribution in [2.75, 3.05) is 58.9 Å². The van der Waals surface area contributed by atoms with Gasteiger partial charge in [0.1, 0.15) is 0 Å². The summed E-state index contributed by atoms with van der Waals surface area (Å²) in [6, 6.07) is 0.288. The van der Waals surface area contributed by atoms with Crippen LogP contribution in [0.1, 0.15) is 33.6 Å². The van der Waals surface area contributed by atoms with Crippen LogP contribution >= 0.6 is 0 Å². The molecule has 9 nitrogen and oxygen atoms in total. The van der Waals surface area contributed by atoms with Gasteiger partial charge in [-0.25, -0.2) is 4.79 Å². The normalized spacial score (nSPS) is 22.6. The third-order valence-electron chi connectivity index (χ3n) is 5.84. The third-order valence-corrected chi connectivity index (χ3v) is 5.84.